The Morgan fingerprint density at radius 3 is 1.73 bits per heavy atom. The molecule has 15 heavy (non-hydrogen) atoms. The molecule has 0 saturated carbocycles. The summed E-state index contributed by atoms with van der Waals surface area (Å²) in [5.74, 6) is 0. The van der Waals surface area contributed by atoms with Gasteiger partial charge in [-0.2, -0.15) is 0 Å². The van der Waals surface area contributed by atoms with Gasteiger partial charge in [0, 0.05) is 19.6 Å². The van der Waals surface area contributed by atoms with Crippen molar-refractivity contribution in [3.05, 3.63) is 0 Å². The van der Waals surface area contributed by atoms with Gasteiger partial charge in [0.25, 0.3) is 0 Å². The minimum Gasteiger partial charge on any atom is -0.367 e. The molecule has 0 bridgehead atoms. The maximum atomic E-state index is 6.06. The third kappa shape index (κ3) is 4.52. The van der Waals surface area contributed by atoms with E-state index in [1.807, 2.05) is 0 Å². The Morgan fingerprint density at radius 2 is 1.40 bits per heavy atom. The number of hydrogen-bond donors (Lipinski definition) is 0. The lowest BCUT2D eigenvalue weighted by atomic mass is 9.92. The summed E-state index contributed by atoms with van der Waals surface area (Å²) in [7, 11) is 0. The van der Waals surface area contributed by atoms with Crippen molar-refractivity contribution < 1.29 is 4.74 Å². The van der Waals surface area contributed by atoms with E-state index in [1.165, 1.54) is 0 Å². The maximum absolute atomic E-state index is 6.06. The van der Waals surface area contributed by atoms with Crippen LogP contribution in [0.25, 0.3) is 0 Å². The van der Waals surface area contributed by atoms with Crippen LogP contribution in [0.5, 0.6) is 0 Å². The van der Waals surface area contributed by atoms with Crippen LogP contribution >= 0.6 is 0 Å². The van der Waals surface area contributed by atoms with E-state index in [1.54, 1.807) is 0 Å². The molecule has 0 aliphatic carbocycles. The van der Waals surface area contributed by atoms with Gasteiger partial charge in [-0.05, 0) is 33.1 Å². The van der Waals surface area contributed by atoms with Crippen LogP contribution in [0.15, 0.2) is 0 Å². The summed E-state index contributed by atoms with van der Waals surface area (Å²) in [6.45, 7) is 18.8. The van der Waals surface area contributed by atoms with Gasteiger partial charge in [-0.15, -0.1) is 0 Å². The highest BCUT2D eigenvalue weighted by Crippen LogP contribution is 2.29. The molecule has 2 heteroatoms. The molecular formula is C13H27NO. The summed E-state index contributed by atoms with van der Waals surface area (Å²) in [5, 5.41) is 0. The molecule has 0 spiro atoms. The minimum absolute atomic E-state index is 0.0208. The zero-order chi connectivity index (χ0) is 11.9. The molecule has 1 fully saturated rings. The van der Waals surface area contributed by atoms with Crippen LogP contribution in [-0.4, -0.2) is 35.7 Å². The predicted molar refractivity (Wildman–Crippen MR) is 65.1 cm³/mol. The van der Waals surface area contributed by atoms with E-state index in [4.69, 9.17) is 4.74 Å². The van der Waals surface area contributed by atoms with Gasteiger partial charge in [0.1, 0.15) is 0 Å². The van der Waals surface area contributed by atoms with Crippen LogP contribution in [0, 0.1) is 5.41 Å². The van der Waals surface area contributed by atoms with E-state index in [9.17, 15) is 0 Å². The molecule has 0 N–H and O–H groups in total. The Kier molecular flexibility index (Phi) is 3.24. The van der Waals surface area contributed by atoms with Crippen LogP contribution in [0.2, 0.25) is 0 Å². The summed E-state index contributed by atoms with van der Waals surface area (Å²) in [6.07, 6.45) is 0. The van der Waals surface area contributed by atoms with Gasteiger partial charge in [0.05, 0.1) is 11.2 Å². The fourth-order valence-electron chi connectivity index (χ4n) is 2.73. The molecule has 2 nitrogen and oxygen atoms in total. The smallest absolute Gasteiger partial charge is 0.0760 e. The lowest BCUT2D eigenvalue weighted by Gasteiger charge is -2.48. The predicted octanol–water partition coefficient (Wildman–Crippen LogP) is 2.92. The van der Waals surface area contributed by atoms with Crippen LogP contribution in [-0.2, 0) is 4.74 Å². The highest BCUT2D eigenvalue weighted by Gasteiger charge is 2.38. The largest absolute Gasteiger partial charge is 0.367 e. The standard InChI is InChI=1S/C13H27NO/c1-11(2,3)8-14-9-12(4,5)15-13(6,7)10-14/h8-10H2,1-7H3. The average molecular weight is 213 g/mol. The molecule has 0 amide bonds. The Labute approximate surface area is 95.0 Å². The zero-order valence-electron chi connectivity index (χ0n) is 11.5. The van der Waals surface area contributed by atoms with Crippen molar-refractivity contribution in [2.45, 2.75) is 59.7 Å². The van der Waals surface area contributed by atoms with E-state index < -0.39 is 0 Å². The quantitative estimate of drug-likeness (QED) is 0.664. The molecule has 1 rings (SSSR count). The Morgan fingerprint density at radius 1 is 1.00 bits per heavy atom. The Bertz CT molecular complexity index is 206. The Balaban J connectivity index is 2.68. The third-order valence-corrected chi connectivity index (χ3v) is 2.46. The van der Waals surface area contributed by atoms with Crippen molar-refractivity contribution >= 4 is 0 Å². The van der Waals surface area contributed by atoms with Crippen molar-refractivity contribution in [3.8, 4) is 0 Å². The summed E-state index contributed by atoms with van der Waals surface area (Å²) in [5.41, 5.74) is 0.323. The van der Waals surface area contributed by atoms with Crippen molar-refractivity contribution in [1.29, 1.82) is 0 Å². The van der Waals surface area contributed by atoms with Crippen LogP contribution < -0.4 is 0 Å². The molecule has 0 aromatic heterocycles. The Hall–Kier alpha value is -0.0800. The fraction of sp³-hybridized carbons (Fsp3) is 1.00. The topological polar surface area (TPSA) is 12.5 Å². The molecular weight excluding hydrogens is 186 g/mol. The van der Waals surface area contributed by atoms with Gasteiger partial charge >= 0.3 is 0 Å². The van der Waals surface area contributed by atoms with Gasteiger partial charge in [-0.1, -0.05) is 20.8 Å². The SMILES string of the molecule is CC(C)(C)CN1CC(C)(C)OC(C)(C)C1. The van der Waals surface area contributed by atoms with Gasteiger partial charge in [0.15, 0.2) is 0 Å². The average Bonchev–Trinajstić information content (AvgIpc) is 1.70. The summed E-state index contributed by atoms with van der Waals surface area (Å²) in [6, 6.07) is 0. The molecule has 0 aromatic rings. The molecule has 1 saturated heterocycles. The van der Waals surface area contributed by atoms with Gasteiger partial charge in [-0.25, -0.2) is 0 Å². The molecule has 90 valence electrons. The van der Waals surface area contributed by atoms with E-state index in [0.29, 0.717) is 5.41 Å². The monoisotopic (exact) mass is 213 g/mol. The van der Waals surface area contributed by atoms with Crippen LogP contribution in [0.1, 0.15) is 48.5 Å². The lowest BCUT2D eigenvalue weighted by Crippen LogP contribution is -2.58. The van der Waals surface area contributed by atoms with E-state index in [0.717, 1.165) is 19.6 Å². The number of hydrogen-bond acceptors (Lipinski definition) is 2. The second-order valence-corrected chi connectivity index (χ2v) is 7.33. The molecule has 1 aliphatic rings. The zero-order valence-corrected chi connectivity index (χ0v) is 11.5. The highest BCUT2D eigenvalue weighted by atomic mass is 16.5. The van der Waals surface area contributed by atoms with E-state index in [-0.39, 0.29) is 11.2 Å². The fourth-order valence-corrected chi connectivity index (χ4v) is 2.73. The first-order valence-electron chi connectivity index (χ1n) is 5.92. The molecule has 1 aliphatic heterocycles. The molecule has 0 radical (unpaired) electrons. The molecule has 0 aromatic carbocycles. The highest BCUT2D eigenvalue weighted by molar-refractivity contribution is 4.90. The first-order chi connectivity index (χ1) is 6.49. The second-order valence-electron chi connectivity index (χ2n) is 7.33. The van der Waals surface area contributed by atoms with Crippen LogP contribution in [0.3, 0.4) is 0 Å². The van der Waals surface area contributed by atoms with Gasteiger partial charge < -0.3 is 4.74 Å². The second kappa shape index (κ2) is 3.74. The number of ether oxygens (including phenoxy) is 1. The van der Waals surface area contributed by atoms with E-state index in [2.05, 4.69) is 53.4 Å². The normalized spacial score (nSPS) is 26.6. The maximum Gasteiger partial charge on any atom is 0.0760 e. The van der Waals surface area contributed by atoms with Crippen molar-refractivity contribution in [2.24, 2.45) is 5.41 Å². The first kappa shape index (κ1) is 13.0. The number of morpholine rings is 1. The van der Waals surface area contributed by atoms with Gasteiger partial charge in [-0.3, -0.25) is 4.90 Å². The lowest BCUT2D eigenvalue weighted by molar-refractivity contribution is -0.183. The first-order valence-corrected chi connectivity index (χ1v) is 5.92. The summed E-state index contributed by atoms with van der Waals surface area (Å²) < 4.78 is 6.06. The molecule has 1 heterocycles. The molecule has 0 atom stereocenters. The number of rotatable bonds is 1. The number of nitrogens with zero attached hydrogens (tertiary/aromatic N) is 1. The molecule has 0 unspecified atom stereocenters. The van der Waals surface area contributed by atoms with Crippen molar-refractivity contribution in [1.82, 2.24) is 4.90 Å². The third-order valence-electron chi connectivity index (χ3n) is 2.46. The van der Waals surface area contributed by atoms with Crippen molar-refractivity contribution in [3.63, 3.8) is 0 Å². The van der Waals surface area contributed by atoms with Gasteiger partial charge in [0.2, 0.25) is 0 Å². The summed E-state index contributed by atoms with van der Waals surface area (Å²) >= 11 is 0. The minimum atomic E-state index is -0.0208. The van der Waals surface area contributed by atoms with E-state index >= 15 is 0 Å². The van der Waals surface area contributed by atoms with Crippen molar-refractivity contribution in [2.75, 3.05) is 19.6 Å². The summed E-state index contributed by atoms with van der Waals surface area (Å²) in [4.78, 5) is 2.53. The van der Waals surface area contributed by atoms with Crippen LogP contribution in [0.4, 0.5) is 0 Å².